The zero-order valence-electron chi connectivity index (χ0n) is 13.7. The number of carbonyl (C=O) groups is 1. The van der Waals surface area contributed by atoms with Crippen LogP contribution in [0, 0.1) is 10.1 Å². The number of amides is 2. The number of nitrogens with one attached hydrogen (secondary N) is 2. The molecule has 0 aliphatic rings. The summed E-state index contributed by atoms with van der Waals surface area (Å²) in [4.78, 5) is 22.3. The molecular weight excluding hydrogens is 393 g/mol. The Morgan fingerprint density at radius 2 is 1.93 bits per heavy atom. The molecule has 3 aromatic rings. The fourth-order valence-corrected chi connectivity index (χ4v) is 2.80. The fraction of sp³-hybridized carbons (Fsp3) is 0.0588. The maximum atomic E-state index is 12.1. The van der Waals surface area contributed by atoms with Crippen molar-refractivity contribution in [2.45, 2.75) is 6.54 Å². The van der Waals surface area contributed by atoms with E-state index in [9.17, 15) is 14.9 Å². The van der Waals surface area contributed by atoms with Crippen LogP contribution in [0.1, 0.15) is 5.56 Å². The van der Waals surface area contributed by atoms with Gasteiger partial charge in [0, 0.05) is 34.1 Å². The molecule has 0 saturated carbocycles. The average Bonchev–Trinajstić information content (AvgIpc) is 3.04. The van der Waals surface area contributed by atoms with Gasteiger partial charge < -0.3 is 10.6 Å². The lowest BCUT2D eigenvalue weighted by atomic mass is 10.2. The van der Waals surface area contributed by atoms with Crippen molar-refractivity contribution in [1.29, 1.82) is 0 Å². The SMILES string of the molecule is O=C(Nc1cccc([N+](=O)[O-])c1)Nc1cnn(Cc2ccc(Cl)cc2Cl)c1. The molecule has 0 aliphatic carbocycles. The van der Waals surface area contributed by atoms with E-state index in [0.29, 0.717) is 28.0 Å². The maximum absolute atomic E-state index is 12.1. The van der Waals surface area contributed by atoms with Crippen molar-refractivity contribution in [2.24, 2.45) is 0 Å². The summed E-state index contributed by atoms with van der Waals surface area (Å²) in [6, 6.07) is 10.3. The van der Waals surface area contributed by atoms with Gasteiger partial charge >= 0.3 is 6.03 Å². The molecule has 0 fully saturated rings. The van der Waals surface area contributed by atoms with E-state index in [4.69, 9.17) is 23.2 Å². The Morgan fingerprint density at radius 3 is 2.67 bits per heavy atom. The Balaban J connectivity index is 1.62. The summed E-state index contributed by atoms with van der Waals surface area (Å²) in [6.45, 7) is 0.407. The zero-order chi connectivity index (χ0) is 19.4. The minimum atomic E-state index is -0.542. The predicted octanol–water partition coefficient (Wildman–Crippen LogP) is 4.79. The highest BCUT2D eigenvalue weighted by molar-refractivity contribution is 6.35. The first kappa shape index (κ1) is 18.7. The van der Waals surface area contributed by atoms with Crippen LogP contribution in [-0.2, 0) is 6.54 Å². The lowest BCUT2D eigenvalue weighted by molar-refractivity contribution is -0.384. The number of nitrogens with zero attached hydrogens (tertiary/aromatic N) is 3. The Hall–Kier alpha value is -3.10. The number of rotatable bonds is 5. The van der Waals surface area contributed by atoms with Crippen molar-refractivity contribution in [3.05, 3.63) is 80.6 Å². The molecule has 0 atom stereocenters. The molecule has 2 aromatic carbocycles. The van der Waals surface area contributed by atoms with Gasteiger partial charge in [-0.3, -0.25) is 14.8 Å². The highest BCUT2D eigenvalue weighted by Crippen LogP contribution is 2.22. The summed E-state index contributed by atoms with van der Waals surface area (Å²) in [6.07, 6.45) is 3.12. The van der Waals surface area contributed by atoms with Crippen LogP contribution in [0.25, 0.3) is 0 Å². The van der Waals surface area contributed by atoms with Crippen LogP contribution in [0.2, 0.25) is 10.0 Å². The smallest absolute Gasteiger partial charge is 0.307 e. The van der Waals surface area contributed by atoms with E-state index in [0.717, 1.165) is 5.56 Å². The van der Waals surface area contributed by atoms with Gasteiger partial charge in [-0.1, -0.05) is 35.3 Å². The van der Waals surface area contributed by atoms with E-state index >= 15 is 0 Å². The molecule has 8 nitrogen and oxygen atoms in total. The van der Waals surface area contributed by atoms with Crippen molar-refractivity contribution >= 4 is 46.3 Å². The predicted molar refractivity (Wildman–Crippen MR) is 104 cm³/mol. The molecule has 1 heterocycles. The number of non-ortho nitro benzene ring substituents is 1. The summed E-state index contributed by atoms with van der Waals surface area (Å²) in [5.41, 5.74) is 1.49. The van der Waals surface area contributed by atoms with Crippen molar-refractivity contribution in [3.63, 3.8) is 0 Å². The van der Waals surface area contributed by atoms with Crippen molar-refractivity contribution in [2.75, 3.05) is 10.6 Å². The van der Waals surface area contributed by atoms with Gasteiger partial charge in [0.15, 0.2) is 0 Å². The first-order chi connectivity index (χ1) is 12.9. The van der Waals surface area contributed by atoms with Gasteiger partial charge in [-0.15, -0.1) is 0 Å². The van der Waals surface area contributed by atoms with Crippen molar-refractivity contribution < 1.29 is 9.72 Å². The van der Waals surface area contributed by atoms with Gasteiger partial charge in [-0.2, -0.15) is 5.10 Å². The number of halogens is 2. The number of urea groups is 1. The third-order valence-electron chi connectivity index (χ3n) is 3.55. The van der Waals surface area contributed by atoms with E-state index in [-0.39, 0.29) is 5.69 Å². The summed E-state index contributed by atoms with van der Waals surface area (Å²) < 4.78 is 1.61. The third-order valence-corrected chi connectivity index (χ3v) is 4.14. The molecule has 0 spiro atoms. The summed E-state index contributed by atoms with van der Waals surface area (Å²) in [7, 11) is 0. The Morgan fingerprint density at radius 1 is 1.15 bits per heavy atom. The van der Waals surface area contributed by atoms with Crippen molar-refractivity contribution in [3.8, 4) is 0 Å². The van der Waals surface area contributed by atoms with Crippen LogP contribution < -0.4 is 10.6 Å². The minimum absolute atomic E-state index is 0.111. The van der Waals surface area contributed by atoms with Crippen LogP contribution >= 0.6 is 23.2 Å². The van der Waals surface area contributed by atoms with Crippen LogP contribution in [0.4, 0.5) is 21.9 Å². The molecule has 1 aromatic heterocycles. The number of nitro groups is 1. The standard InChI is InChI=1S/C17H13Cl2N5O3/c18-12-5-4-11(16(19)6-12)9-23-10-14(8-20-23)22-17(25)21-13-2-1-3-15(7-13)24(26)27/h1-8,10H,9H2,(H2,21,22,25). The molecule has 2 N–H and O–H groups in total. The Kier molecular flexibility index (Phi) is 5.58. The Bertz CT molecular complexity index is 1010. The number of anilines is 2. The molecule has 0 bridgehead atoms. The molecule has 138 valence electrons. The Labute approximate surface area is 163 Å². The fourth-order valence-electron chi connectivity index (χ4n) is 2.33. The van der Waals surface area contributed by atoms with Gasteiger partial charge in [-0.05, 0) is 23.8 Å². The first-order valence-corrected chi connectivity index (χ1v) is 8.45. The summed E-state index contributed by atoms with van der Waals surface area (Å²) >= 11 is 12.0. The molecule has 2 amide bonds. The highest BCUT2D eigenvalue weighted by Gasteiger charge is 2.10. The highest BCUT2D eigenvalue weighted by atomic mass is 35.5. The number of benzene rings is 2. The maximum Gasteiger partial charge on any atom is 0.323 e. The average molecular weight is 406 g/mol. The number of carbonyl (C=O) groups excluding carboxylic acids is 1. The molecule has 3 rings (SSSR count). The van der Waals surface area contributed by atoms with Crippen LogP contribution in [0.5, 0.6) is 0 Å². The largest absolute Gasteiger partial charge is 0.323 e. The van der Waals surface area contributed by atoms with E-state index in [1.165, 1.54) is 24.4 Å². The molecule has 27 heavy (non-hydrogen) atoms. The van der Waals surface area contributed by atoms with Gasteiger partial charge in [0.2, 0.25) is 0 Å². The van der Waals surface area contributed by atoms with Gasteiger partial charge in [0.1, 0.15) is 0 Å². The number of hydrogen-bond acceptors (Lipinski definition) is 4. The second kappa shape index (κ2) is 8.07. The van der Waals surface area contributed by atoms with E-state index in [2.05, 4.69) is 15.7 Å². The van der Waals surface area contributed by atoms with E-state index in [1.807, 2.05) is 0 Å². The zero-order valence-corrected chi connectivity index (χ0v) is 15.2. The lowest BCUT2D eigenvalue weighted by Crippen LogP contribution is -2.19. The number of hydrogen-bond donors (Lipinski definition) is 2. The quantitative estimate of drug-likeness (QED) is 0.470. The molecule has 0 unspecified atom stereocenters. The monoisotopic (exact) mass is 405 g/mol. The topological polar surface area (TPSA) is 102 Å². The number of aromatic nitrogens is 2. The normalized spacial score (nSPS) is 10.4. The molecule has 0 saturated heterocycles. The molecule has 0 aliphatic heterocycles. The second-order valence-corrected chi connectivity index (χ2v) is 6.39. The van der Waals surface area contributed by atoms with Crippen molar-refractivity contribution in [1.82, 2.24) is 9.78 Å². The van der Waals surface area contributed by atoms with Gasteiger partial charge in [0.25, 0.3) is 5.69 Å². The lowest BCUT2D eigenvalue weighted by Gasteiger charge is -2.06. The second-order valence-electron chi connectivity index (χ2n) is 5.55. The van der Waals surface area contributed by atoms with E-state index < -0.39 is 11.0 Å². The first-order valence-electron chi connectivity index (χ1n) is 7.69. The summed E-state index contributed by atoms with van der Waals surface area (Å²) in [5.74, 6) is 0. The van der Waals surface area contributed by atoms with Crippen LogP contribution in [0.3, 0.4) is 0 Å². The van der Waals surface area contributed by atoms with Crippen LogP contribution in [0.15, 0.2) is 54.9 Å². The minimum Gasteiger partial charge on any atom is -0.307 e. The molecule has 10 heteroatoms. The summed E-state index contributed by atoms with van der Waals surface area (Å²) in [5, 5.41) is 21.2. The van der Waals surface area contributed by atoms with E-state index in [1.54, 1.807) is 35.1 Å². The molecular formula is C17H13Cl2N5O3. The molecule has 0 radical (unpaired) electrons. The van der Waals surface area contributed by atoms with Crippen LogP contribution in [-0.4, -0.2) is 20.7 Å². The van der Waals surface area contributed by atoms with Gasteiger partial charge in [0.05, 0.1) is 23.4 Å². The number of nitro benzene ring substituents is 1. The van der Waals surface area contributed by atoms with Gasteiger partial charge in [-0.25, -0.2) is 4.79 Å². The third kappa shape index (κ3) is 4.96.